The number of methoxy groups -OCH3 is 1. The van der Waals surface area contributed by atoms with Crippen LogP contribution < -0.4 is 10.1 Å². The predicted molar refractivity (Wildman–Crippen MR) is 96.4 cm³/mol. The molecule has 1 unspecified atom stereocenters. The van der Waals surface area contributed by atoms with E-state index in [1.807, 2.05) is 30.1 Å². The molecule has 0 radical (unpaired) electrons. The fourth-order valence-corrected chi connectivity index (χ4v) is 3.16. The van der Waals surface area contributed by atoms with Crippen LogP contribution in [0.1, 0.15) is 31.7 Å². The molecule has 4 nitrogen and oxygen atoms in total. The maximum absolute atomic E-state index is 12.5. The number of hydrogen-bond donors (Lipinski definition) is 1. The van der Waals surface area contributed by atoms with Crippen LogP contribution in [0, 0.1) is 5.92 Å². The molecule has 1 aromatic rings. The number of halogens is 1. The Morgan fingerprint density at radius 1 is 1.35 bits per heavy atom. The Kier molecular flexibility index (Phi) is 8.42. The monoisotopic (exact) mass is 340 g/mol. The second-order valence-electron chi connectivity index (χ2n) is 6.31. The average molecular weight is 341 g/mol. The molecule has 1 aliphatic rings. The third-order valence-electron chi connectivity index (χ3n) is 4.53. The first-order valence-corrected chi connectivity index (χ1v) is 8.20. The number of piperidine rings is 1. The number of para-hydroxylation sites is 1. The van der Waals surface area contributed by atoms with E-state index >= 15 is 0 Å². The maximum Gasteiger partial charge on any atom is 0.222 e. The van der Waals surface area contributed by atoms with Crippen molar-refractivity contribution < 1.29 is 9.53 Å². The van der Waals surface area contributed by atoms with Gasteiger partial charge in [-0.1, -0.05) is 25.1 Å². The molecule has 1 amide bonds. The number of rotatable bonds is 6. The molecule has 1 atom stereocenters. The third-order valence-corrected chi connectivity index (χ3v) is 4.53. The zero-order chi connectivity index (χ0) is 15.9. The van der Waals surface area contributed by atoms with Gasteiger partial charge in [-0.25, -0.2) is 0 Å². The van der Waals surface area contributed by atoms with Gasteiger partial charge in [0.1, 0.15) is 5.75 Å². The third kappa shape index (κ3) is 5.70. The average Bonchev–Trinajstić information content (AvgIpc) is 2.55. The van der Waals surface area contributed by atoms with E-state index < -0.39 is 0 Å². The lowest BCUT2D eigenvalue weighted by molar-refractivity contribution is -0.133. The van der Waals surface area contributed by atoms with E-state index in [0.29, 0.717) is 18.4 Å². The Morgan fingerprint density at radius 2 is 2.00 bits per heavy atom. The van der Waals surface area contributed by atoms with Crippen LogP contribution in [0.25, 0.3) is 0 Å². The quantitative estimate of drug-likeness (QED) is 0.865. The van der Waals surface area contributed by atoms with Crippen LogP contribution in [-0.4, -0.2) is 44.1 Å². The first-order valence-electron chi connectivity index (χ1n) is 8.20. The summed E-state index contributed by atoms with van der Waals surface area (Å²) in [6.45, 7) is 4.17. The van der Waals surface area contributed by atoms with E-state index in [0.717, 1.165) is 38.1 Å². The highest BCUT2D eigenvalue weighted by atomic mass is 35.5. The van der Waals surface area contributed by atoms with E-state index in [4.69, 9.17) is 4.74 Å². The first-order chi connectivity index (χ1) is 10.6. The van der Waals surface area contributed by atoms with Gasteiger partial charge in [0.2, 0.25) is 5.91 Å². The molecule has 130 valence electrons. The van der Waals surface area contributed by atoms with Crippen LogP contribution in [-0.2, 0) is 11.2 Å². The van der Waals surface area contributed by atoms with Gasteiger partial charge in [-0.3, -0.25) is 4.79 Å². The van der Waals surface area contributed by atoms with Gasteiger partial charge in [-0.15, -0.1) is 12.4 Å². The largest absolute Gasteiger partial charge is 0.496 e. The number of amides is 1. The summed E-state index contributed by atoms with van der Waals surface area (Å²) in [5.74, 6) is 1.48. The molecule has 0 aliphatic carbocycles. The second-order valence-corrected chi connectivity index (χ2v) is 6.31. The molecular weight excluding hydrogens is 312 g/mol. The zero-order valence-corrected chi connectivity index (χ0v) is 15.2. The number of ether oxygens (including phenoxy) is 1. The van der Waals surface area contributed by atoms with Crippen molar-refractivity contribution in [3.63, 3.8) is 0 Å². The van der Waals surface area contributed by atoms with Gasteiger partial charge < -0.3 is 15.0 Å². The number of hydrogen-bond acceptors (Lipinski definition) is 3. The van der Waals surface area contributed by atoms with Crippen LogP contribution in [0.5, 0.6) is 5.75 Å². The molecule has 23 heavy (non-hydrogen) atoms. The predicted octanol–water partition coefficient (Wildman–Crippen LogP) is 2.90. The fourth-order valence-electron chi connectivity index (χ4n) is 3.16. The Labute approximate surface area is 146 Å². The summed E-state index contributed by atoms with van der Waals surface area (Å²) in [5, 5.41) is 3.34. The minimum Gasteiger partial charge on any atom is -0.496 e. The van der Waals surface area contributed by atoms with E-state index in [9.17, 15) is 4.79 Å². The molecule has 1 N–H and O–H groups in total. The summed E-state index contributed by atoms with van der Waals surface area (Å²) >= 11 is 0. The molecule has 0 bridgehead atoms. The smallest absolute Gasteiger partial charge is 0.222 e. The molecule has 1 aliphatic heterocycles. The molecular formula is C18H29ClN2O2. The van der Waals surface area contributed by atoms with Crippen LogP contribution in [0.15, 0.2) is 24.3 Å². The Balaban J connectivity index is 0.00000264. The summed E-state index contributed by atoms with van der Waals surface area (Å²) in [5.41, 5.74) is 1.18. The summed E-state index contributed by atoms with van der Waals surface area (Å²) in [6.07, 6.45) is 3.58. The normalized spacial score (nSPS) is 16.3. The van der Waals surface area contributed by atoms with Gasteiger partial charge >= 0.3 is 0 Å². The van der Waals surface area contributed by atoms with Crippen LogP contribution >= 0.6 is 12.4 Å². The zero-order valence-electron chi connectivity index (χ0n) is 14.4. The highest BCUT2D eigenvalue weighted by Crippen LogP contribution is 2.23. The lowest BCUT2D eigenvalue weighted by Gasteiger charge is -2.32. The second kappa shape index (κ2) is 9.78. The van der Waals surface area contributed by atoms with Crippen molar-refractivity contribution in [2.75, 3.05) is 27.2 Å². The van der Waals surface area contributed by atoms with E-state index in [-0.39, 0.29) is 18.3 Å². The van der Waals surface area contributed by atoms with Gasteiger partial charge in [0.15, 0.2) is 0 Å². The van der Waals surface area contributed by atoms with E-state index in [1.165, 1.54) is 5.56 Å². The minimum absolute atomic E-state index is 0. The highest BCUT2D eigenvalue weighted by molar-refractivity contribution is 5.85. The van der Waals surface area contributed by atoms with E-state index in [2.05, 4.69) is 18.3 Å². The Bertz CT molecular complexity index is 490. The van der Waals surface area contributed by atoms with Crippen molar-refractivity contribution in [2.45, 2.75) is 38.6 Å². The number of nitrogens with zero attached hydrogens (tertiary/aromatic N) is 1. The van der Waals surface area contributed by atoms with Gasteiger partial charge in [-0.05, 0) is 49.9 Å². The summed E-state index contributed by atoms with van der Waals surface area (Å²) in [7, 11) is 3.65. The van der Waals surface area contributed by atoms with Crippen LogP contribution in [0.3, 0.4) is 0 Å². The van der Waals surface area contributed by atoms with Crippen LogP contribution in [0.2, 0.25) is 0 Å². The Hall–Kier alpha value is -1.26. The number of benzene rings is 1. The highest BCUT2D eigenvalue weighted by Gasteiger charge is 2.23. The van der Waals surface area contributed by atoms with Crippen molar-refractivity contribution in [3.05, 3.63) is 29.8 Å². The van der Waals surface area contributed by atoms with Crippen LogP contribution in [0.4, 0.5) is 0 Å². The van der Waals surface area contributed by atoms with Crippen molar-refractivity contribution in [2.24, 2.45) is 5.92 Å². The van der Waals surface area contributed by atoms with Crippen molar-refractivity contribution in [3.8, 4) is 5.75 Å². The number of carbonyl (C=O) groups excluding carboxylic acids is 1. The number of nitrogens with one attached hydrogen (secondary N) is 1. The summed E-state index contributed by atoms with van der Waals surface area (Å²) in [6, 6.07) is 8.45. The van der Waals surface area contributed by atoms with Crippen molar-refractivity contribution in [1.29, 1.82) is 0 Å². The summed E-state index contributed by atoms with van der Waals surface area (Å²) in [4.78, 5) is 14.4. The lowest BCUT2D eigenvalue weighted by atomic mass is 9.96. The molecule has 1 saturated heterocycles. The van der Waals surface area contributed by atoms with Gasteiger partial charge in [0.25, 0.3) is 0 Å². The van der Waals surface area contributed by atoms with E-state index in [1.54, 1.807) is 7.11 Å². The molecule has 0 saturated carbocycles. The molecule has 0 spiro atoms. The topological polar surface area (TPSA) is 41.6 Å². The fraction of sp³-hybridized carbons (Fsp3) is 0.611. The van der Waals surface area contributed by atoms with Gasteiger partial charge in [-0.2, -0.15) is 0 Å². The van der Waals surface area contributed by atoms with Crippen molar-refractivity contribution >= 4 is 18.3 Å². The maximum atomic E-state index is 12.5. The molecule has 1 fully saturated rings. The standard InChI is InChI=1S/C18H28N2O2.ClH/c1-14(12-15-6-4-5-7-17(15)22-3)13-18(21)20(2)16-8-10-19-11-9-16;/h4-7,14,16,19H,8-13H2,1-3H3;1H. The number of carbonyl (C=O) groups is 1. The SMILES string of the molecule is COc1ccccc1CC(C)CC(=O)N(C)C1CCNCC1.Cl. The molecule has 1 heterocycles. The molecule has 1 aromatic carbocycles. The van der Waals surface area contributed by atoms with Gasteiger partial charge in [0, 0.05) is 19.5 Å². The minimum atomic E-state index is 0. The Morgan fingerprint density at radius 3 is 2.65 bits per heavy atom. The molecule has 2 rings (SSSR count). The van der Waals surface area contributed by atoms with Gasteiger partial charge in [0.05, 0.1) is 7.11 Å². The molecule has 5 heteroatoms. The molecule has 0 aromatic heterocycles. The summed E-state index contributed by atoms with van der Waals surface area (Å²) < 4.78 is 5.39. The first kappa shape index (κ1) is 19.8. The lowest BCUT2D eigenvalue weighted by Crippen LogP contribution is -2.44. The van der Waals surface area contributed by atoms with Crippen molar-refractivity contribution in [1.82, 2.24) is 10.2 Å².